The number of hydrogen-bond donors (Lipinski definition) is 0. The van der Waals surface area contributed by atoms with Gasteiger partial charge in [-0.1, -0.05) is 18.2 Å². The SMILES string of the molecule is O=S1C=c2cc3ccccc3nc2=C1. The van der Waals surface area contributed by atoms with E-state index < -0.39 is 10.8 Å². The minimum absolute atomic E-state index is 0.835. The zero-order chi connectivity index (χ0) is 9.54. The predicted molar refractivity (Wildman–Crippen MR) is 58.1 cm³/mol. The van der Waals surface area contributed by atoms with Crippen LogP contribution in [0.3, 0.4) is 0 Å². The number of para-hydroxylation sites is 1. The highest BCUT2D eigenvalue weighted by atomic mass is 32.2. The van der Waals surface area contributed by atoms with Crippen molar-refractivity contribution in [3.8, 4) is 0 Å². The molecule has 1 aromatic carbocycles. The van der Waals surface area contributed by atoms with E-state index >= 15 is 0 Å². The molecule has 2 nitrogen and oxygen atoms in total. The van der Waals surface area contributed by atoms with Gasteiger partial charge in [0.1, 0.15) is 0 Å². The van der Waals surface area contributed by atoms with Gasteiger partial charge in [-0.15, -0.1) is 0 Å². The zero-order valence-corrected chi connectivity index (χ0v) is 8.12. The first kappa shape index (κ1) is 7.88. The minimum Gasteiger partial charge on any atom is -0.250 e. The average molecular weight is 201 g/mol. The molecule has 0 N–H and O–H groups in total. The highest BCUT2D eigenvalue weighted by Crippen LogP contribution is 2.06. The third kappa shape index (κ3) is 1.09. The summed E-state index contributed by atoms with van der Waals surface area (Å²) in [7, 11) is -0.980. The van der Waals surface area contributed by atoms with Crippen LogP contribution in [0.1, 0.15) is 0 Å². The number of pyridine rings is 1. The maximum atomic E-state index is 11.2. The number of nitrogens with zero attached hydrogens (tertiary/aromatic N) is 1. The molecule has 0 radical (unpaired) electrons. The molecule has 68 valence electrons. The van der Waals surface area contributed by atoms with E-state index in [0.717, 1.165) is 21.5 Å². The standard InChI is InChI=1S/C11H7NOS/c13-14-6-9-5-8-3-1-2-4-10(8)12-11(9)7-14/h1-7H. The molecule has 1 aliphatic heterocycles. The van der Waals surface area contributed by atoms with Gasteiger partial charge in [-0.3, -0.25) is 4.21 Å². The van der Waals surface area contributed by atoms with Crippen LogP contribution in [0.2, 0.25) is 0 Å². The van der Waals surface area contributed by atoms with Crippen LogP contribution in [-0.2, 0) is 10.8 Å². The van der Waals surface area contributed by atoms with Crippen LogP contribution < -0.4 is 10.6 Å². The fraction of sp³-hybridized carbons (Fsp3) is 0. The third-order valence-electron chi connectivity index (χ3n) is 2.26. The highest BCUT2D eigenvalue weighted by Gasteiger charge is 2.02. The quantitative estimate of drug-likeness (QED) is 0.620. The van der Waals surface area contributed by atoms with Gasteiger partial charge in [0.05, 0.1) is 21.7 Å². The van der Waals surface area contributed by atoms with Gasteiger partial charge < -0.3 is 0 Å². The second-order valence-electron chi connectivity index (χ2n) is 3.22. The van der Waals surface area contributed by atoms with Crippen molar-refractivity contribution in [1.82, 2.24) is 4.98 Å². The third-order valence-corrected chi connectivity index (χ3v) is 3.20. The van der Waals surface area contributed by atoms with E-state index in [0.29, 0.717) is 0 Å². The average Bonchev–Trinajstić information content (AvgIpc) is 2.53. The van der Waals surface area contributed by atoms with Crippen molar-refractivity contribution in [3.63, 3.8) is 0 Å². The number of aromatic nitrogens is 1. The number of rotatable bonds is 0. The summed E-state index contributed by atoms with van der Waals surface area (Å²) >= 11 is 0. The molecule has 1 unspecified atom stereocenters. The molecule has 14 heavy (non-hydrogen) atoms. The van der Waals surface area contributed by atoms with Gasteiger partial charge in [0.15, 0.2) is 0 Å². The Bertz CT molecular complexity index is 604. The van der Waals surface area contributed by atoms with Gasteiger partial charge in [0, 0.05) is 21.4 Å². The molecule has 2 heterocycles. The monoisotopic (exact) mass is 201 g/mol. The lowest BCUT2D eigenvalue weighted by molar-refractivity contribution is 0.695. The molecular weight excluding hydrogens is 194 g/mol. The Labute approximate surface area is 83.1 Å². The van der Waals surface area contributed by atoms with Gasteiger partial charge in [0.25, 0.3) is 0 Å². The Morgan fingerprint density at radius 3 is 2.93 bits per heavy atom. The van der Waals surface area contributed by atoms with Gasteiger partial charge >= 0.3 is 0 Å². The Morgan fingerprint density at radius 1 is 1.14 bits per heavy atom. The van der Waals surface area contributed by atoms with E-state index in [4.69, 9.17) is 0 Å². The van der Waals surface area contributed by atoms with E-state index in [9.17, 15) is 4.21 Å². The van der Waals surface area contributed by atoms with Crippen LogP contribution in [0, 0.1) is 0 Å². The molecular formula is C11H7NOS. The van der Waals surface area contributed by atoms with Crippen LogP contribution in [0.5, 0.6) is 0 Å². The smallest absolute Gasteiger partial charge is 0.0807 e. The molecule has 0 saturated carbocycles. The summed E-state index contributed by atoms with van der Waals surface area (Å²) in [6.07, 6.45) is 0. The summed E-state index contributed by atoms with van der Waals surface area (Å²) in [5.41, 5.74) is 0.954. The molecule has 0 bridgehead atoms. The lowest BCUT2D eigenvalue weighted by atomic mass is 10.2. The van der Waals surface area contributed by atoms with Crippen LogP contribution in [0.4, 0.5) is 0 Å². The molecule has 1 aliphatic rings. The van der Waals surface area contributed by atoms with Crippen molar-refractivity contribution in [1.29, 1.82) is 0 Å². The first-order chi connectivity index (χ1) is 6.83. The van der Waals surface area contributed by atoms with Crippen molar-refractivity contribution < 1.29 is 4.21 Å². The first-order valence-corrected chi connectivity index (χ1v) is 5.59. The molecule has 1 atom stereocenters. The van der Waals surface area contributed by atoms with Crippen LogP contribution in [0.15, 0.2) is 30.3 Å². The summed E-state index contributed by atoms with van der Waals surface area (Å²) < 4.78 is 11.2. The van der Waals surface area contributed by atoms with E-state index in [1.54, 1.807) is 10.8 Å². The van der Waals surface area contributed by atoms with E-state index in [-0.39, 0.29) is 0 Å². The number of benzene rings is 1. The Balaban J connectivity index is 2.56. The molecule has 0 amide bonds. The predicted octanol–water partition coefficient (Wildman–Crippen LogP) is 0.473. The minimum atomic E-state index is -0.980. The summed E-state index contributed by atoms with van der Waals surface area (Å²) in [6.45, 7) is 0. The first-order valence-electron chi connectivity index (χ1n) is 4.32. The van der Waals surface area contributed by atoms with Gasteiger partial charge in [0.2, 0.25) is 0 Å². The molecule has 2 aromatic rings. The largest absolute Gasteiger partial charge is 0.250 e. The van der Waals surface area contributed by atoms with Gasteiger partial charge in [-0.25, -0.2) is 4.98 Å². The molecule has 0 spiro atoms. The van der Waals surface area contributed by atoms with Crippen molar-refractivity contribution >= 4 is 32.5 Å². The molecule has 0 fully saturated rings. The summed E-state index contributed by atoms with van der Waals surface area (Å²) in [5, 5.41) is 6.31. The summed E-state index contributed by atoms with van der Waals surface area (Å²) in [5.74, 6) is 0. The van der Waals surface area contributed by atoms with Crippen molar-refractivity contribution in [2.45, 2.75) is 0 Å². The molecule has 1 aromatic heterocycles. The molecule has 0 saturated heterocycles. The van der Waals surface area contributed by atoms with Crippen molar-refractivity contribution in [2.24, 2.45) is 0 Å². The van der Waals surface area contributed by atoms with Gasteiger partial charge in [-0.05, 0) is 12.1 Å². The van der Waals surface area contributed by atoms with Crippen molar-refractivity contribution in [2.75, 3.05) is 0 Å². The topological polar surface area (TPSA) is 30.0 Å². The Kier molecular flexibility index (Phi) is 1.55. The Hall–Kier alpha value is -1.48. The fourth-order valence-corrected chi connectivity index (χ4v) is 2.52. The lowest BCUT2D eigenvalue weighted by Crippen LogP contribution is -2.24. The van der Waals surface area contributed by atoms with Gasteiger partial charge in [-0.2, -0.15) is 0 Å². The summed E-state index contributed by atoms with van der Waals surface area (Å²) in [6, 6.07) is 9.94. The molecule has 0 aliphatic carbocycles. The second-order valence-corrected chi connectivity index (χ2v) is 4.35. The van der Waals surface area contributed by atoms with Crippen LogP contribution in [-0.4, -0.2) is 9.19 Å². The number of fused-ring (bicyclic) bond motifs is 2. The molecule has 3 heteroatoms. The maximum Gasteiger partial charge on any atom is 0.0807 e. The maximum absolute atomic E-state index is 11.2. The van der Waals surface area contributed by atoms with E-state index in [1.807, 2.05) is 30.3 Å². The van der Waals surface area contributed by atoms with E-state index in [1.165, 1.54) is 0 Å². The number of hydrogen-bond acceptors (Lipinski definition) is 2. The zero-order valence-electron chi connectivity index (χ0n) is 7.31. The summed E-state index contributed by atoms with van der Waals surface area (Å²) in [4.78, 5) is 4.43. The fourth-order valence-electron chi connectivity index (χ4n) is 1.61. The normalized spacial score (nSPS) is 18.7. The van der Waals surface area contributed by atoms with Crippen LogP contribution in [0.25, 0.3) is 21.7 Å². The lowest BCUT2D eigenvalue weighted by Gasteiger charge is -1.94. The highest BCUT2D eigenvalue weighted by molar-refractivity contribution is 8.00. The Morgan fingerprint density at radius 2 is 2.00 bits per heavy atom. The molecule has 3 rings (SSSR count). The van der Waals surface area contributed by atoms with Crippen LogP contribution >= 0.6 is 0 Å². The van der Waals surface area contributed by atoms with Crippen molar-refractivity contribution in [3.05, 3.63) is 40.9 Å². The van der Waals surface area contributed by atoms with E-state index in [2.05, 4.69) is 4.98 Å². The second kappa shape index (κ2) is 2.75.